The van der Waals surface area contributed by atoms with E-state index >= 15 is 0 Å². The predicted molar refractivity (Wildman–Crippen MR) is 97.7 cm³/mol. The lowest BCUT2D eigenvalue weighted by atomic mass is 10.2. The summed E-state index contributed by atoms with van der Waals surface area (Å²) in [6, 6.07) is 8.25. The van der Waals surface area contributed by atoms with Gasteiger partial charge in [0.1, 0.15) is 5.75 Å². The van der Waals surface area contributed by atoms with Crippen LogP contribution < -0.4 is 5.43 Å². The van der Waals surface area contributed by atoms with E-state index in [0.29, 0.717) is 25.1 Å². The molecule has 0 aliphatic heterocycles. The number of amides is 1. The first-order valence-electron chi connectivity index (χ1n) is 5.85. The number of benzene rings is 2. The fraction of sp³-hybridized carbons (Fsp3) is 0. The Kier molecular flexibility index (Phi) is 6.02. The van der Waals surface area contributed by atoms with Gasteiger partial charge in [-0.05, 0) is 62.2 Å². The van der Waals surface area contributed by atoms with Gasteiger partial charge in [-0.15, -0.1) is 0 Å². The standard InChI is InChI=1S/C14H8Br3ClN2O2/c15-8-3-7(13(21)12(17)4-8)6-19-20-14(22)10-5-9(18)1-2-11(10)16/h1-6,21H,(H,20,22). The van der Waals surface area contributed by atoms with E-state index in [1.54, 1.807) is 24.3 Å². The van der Waals surface area contributed by atoms with Gasteiger partial charge in [-0.25, -0.2) is 5.43 Å². The largest absolute Gasteiger partial charge is 0.506 e. The van der Waals surface area contributed by atoms with Gasteiger partial charge in [-0.2, -0.15) is 5.10 Å². The molecule has 22 heavy (non-hydrogen) atoms. The molecule has 0 spiro atoms. The minimum absolute atomic E-state index is 0.0325. The lowest BCUT2D eigenvalue weighted by Crippen LogP contribution is -2.18. The van der Waals surface area contributed by atoms with Gasteiger partial charge in [0.2, 0.25) is 0 Å². The molecule has 0 aliphatic carbocycles. The zero-order chi connectivity index (χ0) is 16.3. The fourth-order valence-corrected chi connectivity index (χ4v) is 3.43. The Morgan fingerprint density at radius 3 is 2.64 bits per heavy atom. The molecule has 0 bridgehead atoms. The van der Waals surface area contributed by atoms with E-state index in [1.165, 1.54) is 12.3 Å². The predicted octanol–water partition coefficient (Wildman–Crippen LogP) is 5.10. The van der Waals surface area contributed by atoms with Gasteiger partial charge < -0.3 is 5.11 Å². The molecule has 0 atom stereocenters. The Morgan fingerprint density at radius 1 is 1.18 bits per heavy atom. The number of carbonyl (C=O) groups excluding carboxylic acids is 1. The molecule has 2 N–H and O–H groups in total. The number of aromatic hydroxyl groups is 1. The second-order valence-electron chi connectivity index (χ2n) is 4.15. The molecule has 0 saturated carbocycles. The van der Waals surface area contributed by atoms with Crippen LogP contribution in [0.4, 0.5) is 0 Å². The van der Waals surface area contributed by atoms with Gasteiger partial charge in [0, 0.05) is 19.5 Å². The SMILES string of the molecule is O=C(NN=Cc1cc(Br)cc(Br)c1O)c1cc(Cl)ccc1Br. The lowest BCUT2D eigenvalue weighted by molar-refractivity contribution is 0.0954. The Morgan fingerprint density at radius 2 is 1.91 bits per heavy atom. The Balaban J connectivity index is 2.16. The summed E-state index contributed by atoms with van der Waals surface area (Å²) in [5, 5.41) is 14.2. The van der Waals surface area contributed by atoms with Gasteiger partial charge in [0.25, 0.3) is 5.91 Å². The summed E-state index contributed by atoms with van der Waals surface area (Å²) in [5.74, 6) is -0.385. The Hall–Kier alpha value is -0.890. The summed E-state index contributed by atoms with van der Waals surface area (Å²) in [5.41, 5.74) is 3.20. The lowest BCUT2D eigenvalue weighted by Gasteiger charge is -2.04. The van der Waals surface area contributed by atoms with Gasteiger partial charge >= 0.3 is 0 Å². The Bertz CT molecular complexity index is 766. The number of halogens is 4. The Labute approximate surface area is 156 Å². The molecule has 114 valence electrons. The average molecular weight is 511 g/mol. The van der Waals surface area contributed by atoms with E-state index < -0.39 is 5.91 Å². The van der Waals surface area contributed by atoms with Crippen LogP contribution in [-0.4, -0.2) is 17.2 Å². The van der Waals surface area contributed by atoms with E-state index in [2.05, 4.69) is 58.3 Å². The van der Waals surface area contributed by atoms with Gasteiger partial charge in [0.05, 0.1) is 16.3 Å². The third kappa shape index (κ3) is 4.32. The summed E-state index contributed by atoms with van der Waals surface area (Å²) < 4.78 is 1.90. The highest BCUT2D eigenvalue weighted by atomic mass is 79.9. The van der Waals surface area contributed by atoms with Gasteiger partial charge in [-0.3, -0.25) is 4.79 Å². The van der Waals surface area contributed by atoms with Crippen LogP contribution in [0, 0.1) is 0 Å². The molecule has 0 radical (unpaired) electrons. The van der Waals surface area contributed by atoms with Crippen molar-refractivity contribution in [3.63, 3.8) is 0 Å². The first-order chi connectivity index (χ1) is 10.4. The number of hydrogen-bond donors (Lipinski definition) is 2. The summed E-state index contributed by atoms with van der Waals surface area (Å²) in [6.07, 6.45) is 1.35. The van der Waals surface area contributed by atoms with Crippen molar-refractivity contribution in [2.24, 2.45) is 5.10 Å². The molecule has 1 amide bonds. The number of carbonyl (C=O) groups is 1. The van der Waals surface area contributed by atoms with Crippen LogP contribution in [0.3, 0.4) is 0 Å². The van der Waals surface area contributed by atoms with Crippen molar-refractivity contribution in [1.29, 1.82) is 0 Å². The summed E-state index contributed by atoms with van der Waals surface area (Å²) >= 11 is 15.7. The average Bonchev–Trinajstić information content (AvgIpc) is 2.46. The van der Waals surface area contributed by atoms with Crippen molar-refractivity contribution in [3.05, 3.63) is 59.9 Å². The molecule has 0 unspecified atom stereocenters. The molecule has 2 aromatic carbocycles. The minimum Gasteiger partial charge on any atom is -0.506 e. The van der Waals surface area contributed by atoms with Crippen molar-refractivity contribution < 1.29 is 9.90 Å². The number of nitrogens with zero attached hydrogens (tertiary/aromatic N) is 1. The molecule has 2 rings (SSSR count). The van der Waals surface area contributed by atoms with Crippen molar-refractivity contribution >= 4 is 71.5 Å². The molecule has 8 heteroatoms. The molecule has 2 aromatic rings. The van der Waals surface area contributed by atoms with Crippen LogP contribution in [0.2, 0.25) is 5.02 Å². The normalized spacial score (nSPS) is 10.9. The van der Waals surface area contributed by atoms with E-state index in [1.807, 2.05) is 0 Å². The highest BCUT2D eigenvalue weighted by Gasteiger charge is 2.10. The second kappa shape index (κ2) is 7.59. The molecule has 4 nitrogen and oxygen atoms in total. The number of hydrazone groups is 1. The van der Waals surface area contributed by atoms with Crippen LogP contribution in [0.15, 0.2) is 48.9 Å². The number of phenols is 1. The first-order valence-corrected chi connectivity index (χ1v) is 8.60. The molecule has 0 heterocycles. The molecule has 0 fully saturated rings. The molecule has 0 aromatic heterocycles. The minimum atomic E-state index is -0.417. The zero-order valence-electron chi connectivity index (χ0n) is 10.8. The van der Waals surface area contributed by atoms with Crippen LogP contribution in [0.5, 0.6) is 5.75 Å². The first kappa shape index (κ1) is 17.5. The van der Waals surface area contributed by atoms with Gasteiger partial charge in [0.15, 0.2) is 0 Å². The zero-order valence-corrected chi connectivity index (χ0v) is 16.3. The van der Waals surface area contributed by atoms with Crippen molar-refractivity contribution in [1.82, 2.24) is 5.43 Å². The topological polar surface area (TPSA) is 61.7 Å². The van der Waals surface area contributed by atoms with Crippen LogP contribution >= 0.6 is 59.4 Å². The van der Waals surface area contributed by atoms with Gasteiger partial charge in [-0.1, -0.05) is 27.5 Å². The maximum atomic E-state index is 12.0. The van der Waals surface area contributed by atoms with Crippen LogP contribution in [-0.2, 0) is 0 Å². The van der Waals surface area contributed by atoms with E-state index in [0.717, 1.165) is 4.47 Å². The molecular formula is C14H8Br3ClN2O2. The number of hydrogen-bond acceptors (Lipinski definition) is 3. The van der Waals surface area contributed by atoms with Crippen LogP contribution in [0.1, 0.15) is 15.9 Å². The highest BCUT2D eigenvalue weighted by molar-refractivity contribution is 9.11. The highest BCUT2D eigenvalue weighted by Crippen LogP contribution is 2.30. The van der Waals surface area contributed by atoms with E-state index in [9.17, 15) is 9.90 Å². The second-order valence-corrected chi connectivity index (χ2v) is 7.21. The summed E-state index contributed by atoms with van der Waals surface area (Å²) in [6.45, 7) is 0. The monoisotopic (exact) mass is 508 g/mol. The summed E-state index contributed by atoms with van der Waals surface area (Å²) in [4.78, 5) is 12.0. The molecule has 0 saturated heterocycles. The third-order valence-corrected chi connectivity index (χ3v) is 4.59. The van der Waals surface area contributed by atoms with E-state index in [4.69, 9.17) is 11.6 Å². The quantitative estimate of drug-likeness (QED) is 0.445. The molecular weight excluding hydrogens is 503 g/mol. The van der Waals surface area contributed by atoms with Crippen LogP contribution in [0.25, 0.3) is 0 Å². The maximum absolute atomic E-state index is 12.0. The maximum Gasteiger partial charge on any atom is 0.272 e. The summed E-state index contributed by atoms with van der Waals surface area (Å²) in [7, 11) is 0. The number of nitrogens with one attached hydrogen (secondary N) is 1. The van der Waals surface area contributed by atoms with E-state index in [-0.39, 0.29) is 5.75 Å². The van der Waals surface area contributed by atoms with Crippen molar-refractivity contribution in [2.45, 2.75) is 0 Å². The van der Waals surface area contributed by atoms with Crippen molar-refractivity contribution in [3.8, 4) is 5.75 Å². The third-order valence-electron chi connectivity index (χ3n) is 2.60. The number of phenolic OH excluding ortho intramolecular Hbond substituents is 1. The number of rotatable bonds is 3. The fourth-order valence-electron chi connectivity index (χ4n) is 1.58. The molecule has 0 aliphatic rings. The smallest absolute Gasteiger partial charge is 0.272 e. The van der Waals surface area contributed by atoms with Crippen molar-refractivity contribution in [2.75, 3.05) is 0 Å².